The van der Waals surface area contributed by atoms with Gasteiger partial charge < -0.3 is 10.0 Å². The van der Waals surface area contributed by atoms with E-state index in [0.717, 1.165) is 6.42 Å². The second-order valence-electron chi connectivity index (χ2n) is 4.30. The number of rotatable bonds is 4. The number of hydrogen-bond donors (Lipinski definition) is 1. The van der Waals surface area contributed by atoms with Gasteiger partial charge in [0.2, 0.25) is 5.82 Å². The molecule has 0 saturated carbocycles. The van der Waals surface area contributed by atoms with Crippen LogP contribution in [0, 0.1) is 16.0 Å². The molecule has 96 valence electrons. The van der Waals surface area contributed by atoms with E-state index in [2.05, 4.69) is 4.98 Å². The predicted octanol–water partition coefficient (Wildman–Crippen LogP) is 1.29. The standard InChI is InChI=1S/C11H13N3O4/c15-10(16)6-8-3-5-13(7-8)11-9(14(17)18)2-1-4-12-11/h1-2,4,8H,3,5-7H2,(H,15,16). The van der Waals surface area contributed by atoms with Gasteiger partial charge in [0, 0.05) is 31.8 Å². The van der Waals surface area contributed by atoms with Crippen molar-refractivity contribution in [3.8, 4) is 0 Å². The van der Waals surface area contributed by atoms with Crippen LogP contribution in [0.1, 0.15) is 12.8 Å². The highest BCUT2D eigenvalue weighted by atomic mass is 16.6. The van der Waals surface area contributed by atoms with Crippen LogP contribution in [-0.2, 0) is 4.79 Å². The third kappa shape index (κ3) is 2.55. The van der Waals surface area contributed by atoms with Crippen molar-refractivity contribution in [3.63, 3.8) is 0 Å². The maximum atomic E-state index is 10.9. The maximum absolute atomic E-state index is 10.9. The first-order chi connectivity index (χ1) is 8.58. The minimum absolute atomic E-state index is 0.0316. The van der Waals surface area contributed by atoms with Gasteiger partial charge in [-0.25, -0.2) is 4.98 Å². The van der Waals surface area contributed by atoms with E-state index in [0.29, 0.717) is 18.9 Å². The molecule has 2 rings (SSSR count). The second-order valence-corrected chi connectivity index (χ2v) is 4.30. The fourth-order valence-corrected chi connectivity index (χ4v) is 2.21. The molecule has 1 atom stereocenters. The number of nitrogens with zero attached hydrogens (tertiary/aromatic N) is 3. The van der Waals surface area contributed by atoms with E-state index in [1.165, 1.54) is 18.3 Å². The summed E-state index contributed by atoms with van der Waals surface area (Å²) in [6, 6.07) is 2.93. The van der Waals surface area contributed by atoms with E-state index >= 15 is 0 Å². The van der Waals surface area contributed by atoms with Gasteiger partial charge in [-0.2, -0.15) is 0 Å². The number of hydrogen-bond acceptors (Lipinski definition) is 5. The van der Waals surface area contributed by atoms with E-state index in [4.69, 9.17) is 5.11 Å². The number of aliphatic carboxylic acids is 1. The van der Waals surface area contributed by atoms with Crippen molar-refractivity contribution in [2.75, 3.05) is 18.0 Å². The zero-order valence-electron chi connectivity index (χ0n) is 9.65. The van der Waals surface area contributed by atoms with Gasteiger partial charge in [0.15, 0.2) is 0 Å². The largest absolute Gasteiger partial charge is 0.481 e. The average Bonchev–Trinajstić information content (AvgIpc) is 2.76. The highest BCUT2D eigenvalue weighted by Crippen LogP contribution is 2.30. The summed E-state index contributed by atoms with van der Waals surface area (Å²) in [7, 11) is 0. The summed E-state index contributed by atoms with van der Waals surface area (Å²) in [5, 5.41) is 19.6. The van der Waals surface area contributed by atoms with E-state index in [1.807, 2.05) is 0 Å². The lowest BCUT2D eigenvalue weighted by molar-refractivity contribution is -0.384. The van der Waals surface area contributed by atoms with E-state index in [1.54, 1.807) is 4.90 Å². The maximum Gasteiger partial charge on any atom is 0.311 e. The molecular formula is C11H13N3O4. The molecular weight excluding hydrogens is 238 g/mol. The summed E-state index contributed by atoms with van der Waals surface area (Å²) < 4.78 is 0. The van der Waals surface area contributed by atoms with E-state index < -0.39 is 10.9 Å². The normalized spacial score (nSPS) is 18.9. The minimum Gasteiger partial charge on any atom is -0.481 e. The molecule has 7 heteroatoms. The number of aromatic nitrogens is 1. The first-order valence-corrected chi connectivity index (χ1v) is 5.64. The SMILES string of the molecule is O=C(O)CC1CCN(c2ncccc2[N+](=O)[O-])C1. The number of carboxylic acids is 1. The van der Waals surface area contributed by atoms with Crippen molar-refractivity contribution in [3.05, 3.63) is 28.4 Å². The van der Waals surface area contributed by atoms with Crippen molar-refractivity contribution >= 4 is 17.5 Å². The Morgan fingerprint density at radius 2 is 2.44 bits per heavy atom. The molecule has 0 amide bonds. The zero-order valence-corrected chi connectivity index (χ0v) is 9.65. The van der Waals surface area contributed by atoms with E-state index in [-0.39, 0.29) is 18.0 Å². The Balaban J connectivity index is 2.14. The summed E-state index contributed by atoms with van der Waals surface area (Å²) in [6.07, 6.45) is 2.32. The van der Waals surface area contributed by atoms with Gasteiger partial charge in [-0.15, -0.1) is 0 Å². The molecule has 2 heterocycles. The van der Waals surface area contributed by atoms with E-state index in [9.17, 15) is 14.9 Å². The lowest BCUT2D eigenvalue weighted by atomic mass is 10.1. The summed E-state index contributed by atoms with van der Waals surface area (Å²) in [5.74, 6) is -0.475. The van der Waals surface area contributed by atoms with Crippen LogP contribution in [0.15, 0.2) is 18.3 Å². The molecule has 1 aliphatic heterocycles. The molecule has 7 nitrogen and oxygen atoms in total. The molecule has 0 aliphatic carbocycles. The molecule has 1 saturated heterocycles. The van der Waals surface area contributed by atoms with Gasteiger partial charge in [0.25, 0.3) is 0 Å². The van der Waals surface area contributed by atoms with Crippen LogP contribution in [0.3, 0.4) is 0 Å². The Morgan fingerprint density at radius 1 is 1.67 bits per heavy atom. The van der Waals surface area contributed by atoms with Gasteiger partial charge in [-0.3, -0.25) is 14.9 Å². The van der Waals surface area contributed by atoms with Crippen molar-refractivity contribution in [1.82, 2.24) is 4.98 Å². The van der Waals surface area contributed by atoms with Gasteiger partial charge in [0.05, 0.1) is 4.92 Å². The molecule has 0 spiro atoms. The molecule has 1 fully saturated rings. The lowest BCUT2D eigenvalue weighted by Gasteiger charge is -2.16. The van der Waals surface area contributed by atoms with Crippen molar-refractivity contribution < 1.29 is 14.8 Å². The van der Waals surface area contributed by atoms with Crippen LogP contribution < -0.4 is 4.90 Å². The van der Waals surface area contributed by atoms with Gasteiger partial charge in [-0.05, 0) is 18.4 Å². The number of nitro groups is 1. The highest BCUT2D eigenvalue weighted by molar-refractivity contribution is 5.67. The molecule has 1 aliphatic rings. The van der Waals surface area contributed by atoms with Crippen LogP contribution in [0.5, 0.6) is 0 Å². The smallest absolute Gasteiger partial charge is 0.311 e. The number of carboxylic acid groups (broad SMARTS) is 1. The van der Waals surface area contributed by atoms with Crippen LogP contribution in [0.4, 0.5) is 11.5 Å². The Kier molecular flexibility index (Phi) is 3.40. The first-order valence-electron chi connectivity index (χ1n) is 5.64. The Morgan fingerprint density at radius 3 is 3.11 bits per heavy atom. The van der Waals surface area contributed by atoms with Crippen LogP contribution in [-0.4, -0.2) is 34.1 Å². The summed E-state index contributed by atoms with van der Waals surface area (Å²) in [5.41, 5.74) is -0.0338. The van der Waals surface area contributed by atoms with Crippen LogP contribution >= 0.6 is 0 Å². The molecule has 0 aromatic carbocycles. The summed E-state index contributed by atoms with van der Waals surface area (Å²) in [4.78, 5) is 26.9. The quantitative estimate of drug-likeness (QED) is 0.639. The topological polar surface area (TPSA) is 96.6 Å². The minimum atomic E-state index is -0.836. The first kappa shape index (κ1) is 12.3. The number of pyridine rings is 1. The predicted molar refractivity (Wildman–Crippen MR) is 63.5 cm³/mol. The fraction of sp³-hybridized carbons (Fsp3) is 0.455. The third-order valence-electron chi connectivity index (χ3n) is 3.01. The average molecular weight is 251 g/mol. The Bertz CT molecular complexity index is 477. The van der Waals surface area contributed by atoms with Gasteiger partial charge in [0.1, 0.15) is 0 Å². The monoisotopic (exact) mass is 251 g/mol. The summed E-state index contributed by atoms with van der Waals surface area (Å²) >= 11 is 0. The van der Waals surface area contributed by atoms with Crippen molar-refractivity contribution in [2.45, 2.75) is 12.8 Å². The zero-order chi connectivity index (χ0) is 13.1. The Hall–Kier alpha value is -2.18. The van der Waals surface area contributed by atoms with Crippen LogP contribution in [0.2, 0.25) is 0 Å². The lowest BCUT2D eigenvalue weighted by Crippen LogP contribution is -2.22. The van der Waals surface area contributed by atoms with Crippen molar-refractivity contribution in [2.24, 2.45) is 5.92 Å². The summed E-state index contributed by atoms with van der Waals surface area (Å²) in [6.45, 7) is 1.11. The molecule has 18 heavy (non-hydrogen) atoms. The molecule has 0 bridgehead atoms. The van der Waals surface area contributed by atoms with Gasteiger partial charge >= 0.3 is 11.7 Å². The fourth-order valence-electron chi connectivity index (χ4n) is 2.21. The molecule has 1 N–H and O–H groups in total. The van der Waals surface area contributed by atoms with Crippen molar-refractivity contribution in [1.29, 1.82) is 0 Å². The number of carbonyl (C=O) groups is 1. The molecule has 1 aromatic rings. The molecule has 1 aromatic heterocycles. The number of anilines is 1. The molecule has 1 unspecified atom stereocenters. The Labute approximate surface area is 103 Å². The molecule has 0 radical (unpaired) electrons. The second kappa shape index (κ2) is 4.99. The van der Waals surface area contributed by atoms with Crippen LogP contribution in [0.25, 0.3) is 0 Å². The van der Waals surface area contributed by atoms with Gasteiger partial charge in [-0.1, -0.05) is 0 Å². The third-order valence-corrected chi connectivity index (χ3v) is 3.01. The highest BCUT2D eigenvalue weighted by Gasteiger charge is 2.29.